The fourth-order valence-corrected chi connectivity index (χ4v) is 5.92. The lowest BCUT2D eigenvalue weighted by Gasteiger charge is -2.40. The molecule has 0 aromatic rings. The topological polar surface area (TPSA) is 152 Å². The Kier molecular flexibility index (Phi) is 12.9. The summed E-state index contributed by atoms with van der Waals surface area (Å²) in [5.74, 6) is 0. The van der Waals surface area contributed by atoms with Gasteiger partial charge in [-0.15, -0.1) is 0 Å². The van der Waals surface area contributed by atoms with Crippen LogP contribution >= 0.6 is 0 Å². The summed E-state index contributed by atoms with van der Waals surface area (Å²) in [5.41, 5.74) is -1.00. The number of urea groups is 1. The van der Waals surface area contributed by atoms with E-state index >= 15 is 0 Å². The van der Waals surface area contributed by atoms with Crippen LogP contribution in [0.5, 0.6) is 0 Å². The minimum atomic E-state index is -1.42. The summed E-state index contributed by atoms with van der Waals surface area (Å²) in [4.78, 5) is 13.1. The van der Waals surface area contributed by atoms with E-state index in [0.29, 0.717) is 0 Å². The molecule has 0 fully saturated rings. The first-order valence-electron chi connectivity index (χ1n) is 14.4. The highest BCUT2D eigenvalue weighted by Crippen LogP contribution is 2.40. The number of rotatable bonds is 12. The first-order chi connectivity index (χ1) is 17.6. The van der Waals surface area contributed by atoms with E-state index in [2.05, 4.69) is 52.2 Å². The van der Waals surface area contributed by atoms with Crippen molar-refractivity contribution in [1.29, 1.82) is 0 Å². The zero-order valence-corrected chi connectivity index (χ0v) is 26.0. The number of hydrogen-bond donors (Lipinski definition) is 7. The zero-order chi connectivity index (χ0) is 30.4. The summed E-state index contributed by atoms with van der Waals surface area (Å²) < 4.78 is 5.91. The van der Waals surface area contributed by atoms with Crippen LogP contribution in [0.3, 0.4) is 0 Å². The van der Waals surface area contributed by atoms with Gasteiger partial charge in [0.1, 0.15) is 18.3 Å². The molecule has 1 aliphatic carbocycles. The Morgan fingerprint density at radius 1 is 0.949 bits per heavy atom. The molecule has 0 aliphatic heterocycles. The summed E-state index contributed by atoms with van der Waals surface area (Å²) in [6.45, 7) is 20.4. The Morgan fingerprint density at radius 2 is 1.51 bits per heavy atom. The van der Waals surface area contributed by atoms with E-state index in [1.165, 1.54) is 6.08 Å². The average Bonchev–Trinajstić information content (AvgIpc) is 2.86. The van der Waals surface area contributed by atoms with Crippen molar-refractivity contribution in [3.63, 3.8) is 0 Å². The van der Waals surface area contributed by atoms with E-state index in [0.717, 1.165) is 19.3 Å². The van der Waals surface area contributed by atoms with Gasteiger partial charge in [-0.05, 0) is 55.8 Å². The minimum absolute atomic E-state index is 0.0187. The van der Waals surface area contributed by atoms with Crippen molar-refractivity contribution in [2.75, 3.05) is 6.61 Å². The van der Waals surface area contributed by atoms with Crippen LogP contribution in [0.15, 0.2) is 12.2 Å². The molecule has 1 aliphatic rings. The molecule has 1 rings (SSSR count). The Hall–Kier alpha value is -1.23. The lowest BCUT2D eigenvalue weighted by molar-refractivity contribution is -0.117. The third kappa shape index (κ3) is 12.4. The Bertz CT molecular complexity index is 789. The van der Waals surface area contributed by atoms with Crippen LogP contribution < -0.4 is 10.6 Å². The molecule has 0 saturated heterocycles. The third-order valence-corrected chi connectivity index (χ3v) is 7.49. The smallest absolute Gasteiger partial charge is 0.315 e. The van der Waals surface area contributed by atoms with Crippen LogP contribution in [-0.2, 0) is 4.74 Å². The van der Waals surface area contributed by atoms with Gasteiger partial charge in [0.2, 0.25) is 0 Å². The standard InChI is InChI=1S/C30H58N2O7/c1-11-30(10,18-28(5,6)7)23(35)15-21(34)19(31-26(38)32-29(8,9)17-27(2,3)4)16-39-22-14-12-13-20(33)24(36)25(22)37/h12-13,19-25,33-37H,11,14-18H2,1-10H3,(H2,31,32,38). The van der Waals surface area contributed by atoms with Crippen LogP contribution in [0, 0.1) is 16.2 Å². The normalized spacial score (nSPS) is 26.7. The second-order valence-corrected chi connectivity index (χ2v) is 14.9. The molecule has 39 heavy (non-hydrogen) atoms. The van der Waals surface area contributed by atoms with Gasteiger partial charge in [0.25, 0.3) is 0 Å². The van der Waals surface area contributed by atoms with Crippen molar-refractivity contribution >= 4 is 6.03 Å². The second-order valence-electron chi connectivity index (χ2n) is 14.9. The summed E-state index contributed by atoms with van der Waals surface area (Å²) in [5, 5.41) is 58.9. The van der Waals surface area contributed by atoms with Gasteiger partial charge in [0.05, 0.1) is 31.0 Å². The maximum Gasteiger partial charge on any atom is 0.315 e. The van der Waals surface area contributed by atoms with Gasteiger partial charge in [-0.25, -0.2) is 4.79 Å². The van der Waals surface area contributed by atoms with Crippen molar-refractivity contribution in [2.45, 2.75) is 150 Å². The van der Waals surface area contributed by atoms with Crippen LogP contribution in [0.4, 0.5) is 4.79 Å². The first-order valence-corrected chi connectivity index (χ1v) is 14.4. The SMILES string of the molecule is CCC(C)(CC(C)(C)C)C(O)CC(O)C(COC1CC=CC(O)C(O)C1O)NC(=O)NC(C)(C)CC(C)(C)C. The summed E-state index contributed by atoms with van der Waals surface area (Å²) >= 11 is 0. The number of hydrogen-bond acceptors (Lipinski definition) is 7. The van der Waals surface area contributed by atoms with Gasteiger partial charge in [-0.2, -0.15) is 0 Å². The highest BCUT2D eigenvalue weighted by molar-refractivity contribution is 5.75. The quantitative estimate of drug-likeness (QED) is 0.182. The lowest BCUT2D eigenvalue weighted by Crippen LogP contribution is -2.57. The molecular formula is C30H58N2O7. The predicted molar refractivity (Wildman–Crippen MR) is 154 cm³/mol. The summed E-state index contributed by atoms with van der Waals surface area (Å²) in [7, 11) is 0. The molecule has 0 radical (unpaired) electrons. The number of aliphatic hydroxyl groups is 5. The van der Waals surface area contributed by atoms with Crippen molar-refractivity contribution in [3.05, 3.63) is 12.2 Å². The van der Waals surface area contributed by atoms with E-state index in [1.54, 1.807) is 6.08 Å². The van der Waals surface area contributed by atoms with Gasteiger partial charge >= 0.3 is 6.03 Å². The number of nitrogens with one attached hydrogen (secondary N) is 2. The molecule has 7 N–H and O–H groups in total. The van der Waals surface area contributed by atoms with Gasteiger partial charge < -0.3 is 40.9 Å². The van der Waals surface area contributed by atoms with Crippen LogP contribution in [-0.4, -0.2) is 86.4 Å². The lowest BCUT2D eigenvalue weighted by atomic mass is 9.69. The maximum atomic E-state index is 13.1. The molecule has 0 aromatic heterocycles. The van der Waals surface area contributed by atoms with E-state index in [-0.39, 0.29) is 30.3 Å². The molecule has 0 bridgehead atoms. The average molecular weight is 559 g/mol. The van der Waals surface area contributed by atoms with Gasteiger partial charge in [0, 0.05) is 12.0 Å². The van der Waals surface area contributed by atoms with E-state index < -0.39 is 59.7 Å². The van der Waals surface area contributed by atoms with Gasteiger partial charge in [-0.3, -0.25) is 0 Å². The van der Waals surface area contributed by atoms with Crippen LogP contribution in [0.25, 0.3) is 0 Å². The molecule has 2 amide bonds. The third-order valence-electron chi connectivity index (χ3n) is 7.49. The molecule has 0 heterocycles. The van der Waals surface area contributed by atoms with Crippen molar-refractivity contribution < 1.29 is 35.1 Å². The number of aliphatic hydroxyl groups excluding tert-OH is 5. The minimum Gasteiger partial charge on any atom is -0.392 e. The van der Waals surface area contributed by atoms with Gasteiger partial charge in [0.15, 0.2) is 0 Å². The fraction of sp³-hybridized carbons (Fsp3) is 0.900. The number of carbonyl (C=O) groups excluding carboxylic acids is 1. The summed E-state index contributed by atoms with van der Waals surface area (Å²) in [6, 6.07) is -1.38. The highest BCUT2D eigenvalue weighted by Gasteiger charge is 2.39. The van der Waals surface area contributed by atoms with Crippen molar-refractivity contribution in [3.8, 4) is 0 Å². The molecule has 0 saturated carbocycles. The first kappa shape index (κ1) is 35.8. The van der Waals surface area contributed by atoms with E-state index in [4.69, 9.17) is 4.74 Å². The second kappa shape index (κ2) is 14.1. The number of ether oxygens (including phenoxy) is 1. The van der Waals surface area contributed by atoms with E-state index in [1.807, 2.05) is 27.7 Å². The zero-order valence-electron chi connectivity index (χ0n) is 26.0. The van der Waals surface area contributed by atoms with E-state index in [9.17, 15) is 30.3 Å². The fourth-order valence-electron chi connectivity index (χ4n) is 5.92. The van der Waals surface area contributed by atoms with Gasteiger partial charge in [-0.1, -0.05) is 67.5 Å². The molecular weight excluding hydrogens is 500 g/mol. The molecule has 9 nitrogen and oxygen atoms in total. The molecule has 8 unspecified atom stereocenters. The largest absolute Gasteiger partial charge is 0.392 e. The molecule has 0 spiro atoms. The predicted octanol–water partition coefficient (Wildman–Crippen LogP) is 3.26. The highest BCUT2D eigenvalue weighted by atomic mass is 16.5. The van der Waals surface area contributed by atoms with Crippen molar-refractivity contribution in [2.24, 2.45) is 16.2 Å². The Labute approximate surface area is 236 Å². The maximum absolute atomic E-state index is 13.1. The summed E-state index contributed by atoms with van der Waals surface area (Å²) in [6.07, 6.45) is -1.33. The molecule has 9 heteroatoms. The Balaban J connectivity index is 3.08. The van der Waals surface area contributed by atoms with Crippen LogP contribution in [0.1, 0.15) is 101 Å². The van der Waals surface area contributed by atoms with Crippen molar-refractivity contribution in [1.82, 2.24) is 10.6 Å². The number of amides is 2. The molecule has 8 atom stereocenters. The molecule has 230 valence electrons. The molecule has 0 aromatic carbocycles. The number of carbonyl (C=O) groups is 1. The Morgan fingerprint density at radius 3 is 2.03 bits per heavy atom. The monoisotopic (exact) mass is 558 g/mol. The van der Waals surface area contributed by atoms with Crippen LogP contribution in [0.2, 0.25) is 0 Å².